The van der Waals surface area contributed by atoms with Gasteiger partial charge in [-0.3, -0.25) is 9.36 Å². The van der Waals surface area contributed by atoms with Crippen molar-refractivity contribution in [3.63, 3.8) is 0 Å². The molecule has 0 saturated heterocycles. The summed E-state index contributed by atoms with van der Waals surface area (Å²) in [7, 11) is 1.75. The maximum atomic E-state index is 13.4. The zero-order valence-corrected chi connectivity index (χ0v) is 17.3. The normalized spacial score (nSPS) is 15.8. The van der Waals surface area contributed by atoms with Crippen molar-refractivity contribution in [2.75, 3.05) is 5.32 Å². The smallest absolute Gasteiger partial charge is 0.356 e. The Morgan fingerprint density at radius 1 is 1.30 bits per heavy atom. The molecule has 1 saturated carbocycles. The number of hydrogen-bond acceptors (Lipinski definition) is 5. The molecule has 1 atom stereocenters. The van der Waals surface area contributed by atoms with Crippen LogP contribution in [0.1, 0.15) is 60.2 Å². The Morgan fingerprint density at radius 3 is 2.63 bits per heavy atom. The van der Waals surface area contributed by atoms with Crippen molar-refractivity contribution >= 4 is 22.6 Å². The molecule has 0 radical (unpaired) electrons. The van der Waals surface area contributed by atoms with Crippen LogP contribution in [0.5, 0.6) is 0 Å². The van der Waals surface area contributed by atoms with Crippen LogP contribution in [-0.2, 0) is 12.5 Å². The van der Waals surface area contributed by atoms with Crippen molar-refractivity contribution in [1.82, 2.24) is 14.5 Å². The predicted octanol–water partition coefficient (Wildman–Crippen LogP) is 3.70. The van der Waals surface area contributed by atoms with E-state index >= 15 is 0 Å². The van der Waals surface area contributed by atoms with E-state index in [1.807, 2.05) is 26.0 Å². The standard InChI is InChI=1S/C22H23FN4O3/c1-11-9-13(12(2)24-15-5-6-16(23)25-18(15)20(29)30)17-14(10-11)19(28)27(4)21(26-17)22(3)7-8-22/h5-6,9-10,12,24H,7-8H2,1-4H3,(H,29,30). The zero-order chi connectivity index (χ0) is 21.8. The average Bonchev–Trinajstić information content (AvgIpc) is 3.43. The lowest BCUT2D eigenvalue weighted by Gasteiger charge is -2.21. The van der Waals surface area contributed by atoms with Crippen molar-refractivity contribution < 1.29 is 14.3 Å². The summed E-state index contributed by atoms with van der Waals surface area (Å²) in [4.78, 5) is 32.9. The summed E-state index contributed by atoms with van der Waals surface area (Å²) in [5.74, 6) is -1.43. The highest BCUT2D eigenvalue weighted by atomic mass is 19.1. The lowest BCUT2D eigenvalue weighted by Crippen LogP contribution is -2.27. The van der Waals surface area contributed by atoms with E-state index in [1.165, 1.54) is 6.07 Å². The van der Waals surface area contributed by atoms with Gasteiger partial charge in [0.05, 0.1) is 22.6 Å². The second-order valence-corrected chi connectivity index (χ2v) is 8.31. The minimum absolute atomic E-state index is 0.0989. The average molecular weight is 410 g/mol. The van der Waals surface area contributed by atoms with Crippen LogP contribution in [0.3, 0.4) is 0 Å². The first-order valence-corrected chi connectivity index (χ1v) is 9.79. The number of aryl methyl sites for hydroxylation is 1. The number of aromatic nitrogens is 3. The monoisotopic (exact) mass is 410 g/mol. The van der Waals surface area contributed by atoms with Crippen LogP contribution in [-0.4, -0.2) is 25.6 Å². The van der Waals surface area contributed by atoms with E-state index in [-0.39, 0.29) is 16.7 Å². The van der Waals surface area contributed by atoms with Crippen molar-refractivity contribution in [3.05, 3.63) is 63.2 Å². The van der Waals surface area contributed by atoms with E-state index in [4.69, 9.17) is 4.98 Å². The number of fused-ring (bicyclic) bond motifs is 1. The van der Waals surface area contributed by atoms with Gasteiger partial charge in [0.1, 0.15) is 5.82 Å². The highest BCUT2D eigenvalue weighted by molar-refractivity contribution is 5.92. The maximum Gasteiger partial charge on any atom is 0.356 e. The van der Waals surface area contributed by atoms with Gasteiger partial charge in [0.25, 0.3) is 5.56 Å². The summed E-state index contributed by atoms with van der Waals surface area (Å²) in [6.07, 6.45) is 1.97. The number of rotatable bonds is 5. The zero-order valence-electron chi connectivity index (χ0n) is 17.3. The molecule has 7 nitrogen and oxygen atoms in total. The summed E-state index contributed by atoms with van der Waals surface area (Å²) in [5.41, 5.74) is 1.87. The van der Waals surface area contributed by atoms with Gasteiger partial charge in [-0.05, 0) is 50.5 Å². The first-order chi connectivity index (χ1) is 14.1. The van der Waals surface area contributed by atoms with Crippen molar-refractivity contribution in [2.24, 2.45) is 7.05 Å². The third kappa shape index (κ3) is 3.32. The molecule has 0 amide bonds. The van der Waals surface area contributed by atoms with E-state index in [0.717, 1.165) is 35.9 Å². The molecule has 0 bridgehead atoms. The van der Waals surface area contributed by atoms with Crippen LogP contribution < -0.4 is 10.9 Å². The number of aromatic carboxylic acids is 1. The summed E-state index contributed by atoms with van der Waals surface area (Å²) in [6.45, 7) is 5.84. The molecule has 1 unspecified atom stereocenters. The number of benzene rings is 1. The molecule has 1 aliphatic rings. The first kappa shape index (κ1) is 20.0. The molecular formula is C22H23FN4O3. The predicted molar refractivity (Wildman–Crippen MR) is 111 cm³/mol. The minimum Gasteiger partial charge on any atom is -0.476 e. The Hall–Kier alpha value is -3.29. The molecule has 0 aliphatic heterocycles. The van der Waals surface area contributed by atoms with Crippen molar-refractivity contribution in [1.29, 1.82) is 0 Å². The van der Waals surface area contributed by atoms with Gasteiger partial charge < -0.3 is 10.4 Å². The molecular weight excluding hydrogens is 387 g/mol. The van der Waals surface area contributed by atoms with Crippen LogP contribution in [0.15, 0.2) is 29.1 Å². The van der Waals surface area contributed by atoms with Crippen LogP contribution in [0, 0.1) is 12.9 Å². The van der Waals surface area contributed by atoms with Gasteiger partial charge in [-0.25, -0.2) is 14.8 Å². The Bertz CT molecular complexity index is 1250. The second-order valence-electron chi connectivity index (χ2n) is 8.31. The topological polar surface area (TPSA) is 97.1 Å². The summed E-state index contributed by atoms with van der Waals surface area (Å²) < 4.78 is 15.1. The number of halogens is 1. The van der Waals surface area contributed by atoms with E-state index < -0.39 is 23.7 Å². The van der Waals surface area contributed by atoms with Gasteiger partial charge >= 0.3 is 5.97 Å². The largest absolute Gasteiger partial charge is 0.476 e. The number of nitrogens with one attached hydrogen (secondary N) is 1. The third-order valence-electron chi connectivity index (χ3n) is 5.80. The molecule has 30 heavy (non-hydrogen) atoms. The van der Waals surface area contributed by atoms with Gasteiger partial charge in [0, 0.05) is 18.0 Å². The van der Waals surface area contributed by atoms with E-state index in [0.29, 0.717) is 10.9 Å². The molecule has 4 rings (SSSR count). The molecule has 1 aromatic carbocycles. The van der Waals surface area contributed by atoms with Gasteiger partial charge in [0.15, 0.2) is 5.69 Å². The molecule has 1 fully saturated rings. The summed E-state index contributed by atoms with van der Waals surface area (Å²) in [6, 6.07) is 5.82. The Labute approximate surface area is 172 Å². The van der Waals surface area contributed by atoms with Crippen LogP contribution in [0.4, 0.5) is 10.1 Å². The van der Waals surface area contributed by atoms with Gasteiger partial charge in [0.2, 0.25) is 5.95 Å². The van der Waals surface area contributed by atoms with E-state index in [9.17, 15) is 19.1 Å². The number of carbonyl (C=O) groups is 1. The van der Waals surface area contributed by atoms with E-state index in [1.54, 1.807) is 11.6 Å². The Kier molecular flexibility index (Phi) is 4.60. The molecule has 3 aromatic rings. The lowest BCUT2D eigenvalue weighted by molar-refractivity contribution is 0.0690. The summed E-state index contributed by atoms with van der Waals surface area (Å²) in [5, 5.41) is 13.0. The summed E-state index contributed by atoms with van der Waals surface area (Å²) >= 11 is 0. The molecule has 156 valence electrons. The van der Waals surface area contributed by atoms with E-state index in [2.05, 4.69) is 17.2 Å². The lowest BCUT2D eigenvalue weighted by atomic mass is 10.00. The van der Waals surface area contributed by atoms with Gasteiger partial charge in [-0.1, -0.05) is 13.0 Å². The number of carboxylic acid groups (broad SMARTS) is 1. The quantitative estimate of drug-likeness (QED) is 0.623. The molecule has 8 heteroatoms. The van der Waals surface area contributed by atoms with Crippen LogP contribution >= 0.6 is 0 Å². The first-order valence-electron chi connectivity index (χ1n) is 9.79. The number of carboxylic acids is 1. The molecule has 2 N–H and O–H groups in total. The minimum atomic E-state index is -1.32. The molecule has 2 heterocycles. The number of hydrogen-bond donors (Lipinski definition) is 2. The van der Waals surface area contributed by atoms with Crippen molar-refractivity contribution in [3.8, 4) is 0 Å². The number of nitrogens with zero attached hydrogens (tertiary/aromatic N) is 3. The van der Waals surface area contributed by atoms with Gasteiger partial charge in [-0.15, -0.1) is 0 Å². The van der Waals surface area contributed by atoms with Crippen LogP contribution in [0.25, 0.3) is 10.9 Å². The fraction of sp³-hybridized carbons (Fsp3) is 0.364. The SMILES string of the molecule is Cc1cc(C(C)Nc2ccc(F)nc2C(=O)O)c2nc(C3(C)CC3)n(C)c(=O)c2c1. The van der Waals surface area contributed by atoms with Crippen LogP contribution in [0.2, 0.25) is 0 Å². The highest BCUT2D eigenvalue weighted by Crippen LogP contribution is 2.46. The molecule has 1 aliphatic carbocycles. The third-order valence-corrected chi connectivity index (χ3v) is 5.80. The number of anilines is 1. The highest BCUT2D eigenvalue weighted by Gasteiger charge is 2.43. The Morgan fingerprint density at radius 2 is 2.00 bits per heavy atom. The molecule has 2 aromatic heterocycles. The maximum absolute atomic E-state index is 13.4. The fourth-order valence-corrected chi connectivity index (χ4v) is 3.86. The van der Waals surface area contributed by atoms with Gasteiger partial charge in [-0.2, -0.15) is 4.39 Å². The van der Waals surface area contributed by atoms with Crippen molar-refractivity contribution in [2.45, 2.75) is 45.1 Å². The molecule has 0 spiro atoms. The fourth-order valence-electron chi connectivity index (χ4n) is 3.86. The Balaban J connectivity index is 1.86. The number of pyridine rings is 1. The second kappa shape index (κ2) is 6.90.